The average molecular weight is 637 g/mol. The van der Waals surface area contributed by atoms with E-state index in [1.165, 1.54) is 66.3 Å². The Morgan fingerprint density at radius 1 is 0.280 bits per heavy atom. The number of rotatable bonds is 4. The lowest BCUT2D eigenvalue weighted by Gasteiger charge is -2.28. The van der Waals surface area contributed by atoms with Crippen molar-refractivity contribution in [3.63, 3.8) is 0 Å². The van der Waals surface area contributed by atoms with Crippen LogP contribution in [0.5, 0.6) is 0 Å². The second kappa shape index (κ2) is 11.5. The van der Waals surface area contributed by atoms with Crippen LogP contribution >= 0.6 is 0 Å². The Hall–Kier alpha value is -6.64. The number of anilines is 3. The zero-order valence-corrected chi connectivity index (χ0v) is 27.4. The van der Waals surface area contributed by atoms with Crippen molar-refractivity contribution >= 4 is 38.9 Å². The minimum atomic E-state index is 1.12. The molecule has 2 heterocycles. The molecule has 50 heavy (non-hydrogen) atoms. The smallest absolute Gasteiger partial charge is 0.0562 e. The van der Waals surface area contributed by atoms with E-state index in [0.717, 1.165) is 22.7 Å². The van der Waals surface area contributed by atoms with Gasteiger partial charge in [-0.25, -0.2) is 0 Å². The predicted molar refractivity (Wildman–Crippen MR) is 211 cm³/mol. The minimum Gasteiger partial charge on any atom is -0.309 e. The summed E-state index contributed by atoms with van der Waals surface area (Å²) >= 11 is 0. The fourth-order valence-corrected chi connectivity index (χ4v) is 7.81. The molecule has 234 valence electrons. The fourth-order valence-electron chi connectivity index (χ4n) is 7.81. The van der Waals surface area contributed by atoms with Crippen LogP contribution in [0.1, 0.15) is 0 Å². The summed E-state index contributed by atoms with van der Waals surface area (Å²) in [7, 11) is 0. The molecule has 0 unspecified atom stereocenters. The van der Waals surface area contributed by atoms with Crippen LogP contribution in [0.15, 0.2) is 194 Å². The lowest BCUT2D eigenvalue weighted by Crippen LogP contribution is -2.11. The third-order valence-corrected chi connectivity index (χ3v) is 10.1. The molecule has 1 aromatic heterocycles. The highest BCUT2D eigenvalue weighted by atomic mass is 15.2. The van der Waals surface area contributed by atoms with Crippen LogP contribution < -0.4 is 4.90 Å². The molecule has 0 N–H and O–H groups in total. The highest BCUT2D eigenvalue weighted by molar-refractivity contribution is 6.15. The van der Waals surface area contributed by atoms with Crippen LogP contribution in [0.4, 0.5) is 17.1 Å². The Balaban J connectivity index is 1.29. The first-order valence-electron chi connectivity index (χ1n) is 17.2. The lowest BCUT2D eigenvalue weighted by molar-refractivity contribution is 1.18. The molecule has 8 aromatic carbocycles. The average Bonchev–Trinajstić information content (AvgIpc) is 3.46. The number of fused-ring (bicyclic) bond motifs is 8. The van der Waals surface area contributed by atoms with Crippen LogP contribution in [0.2, 0.25) is 0 Å². The molecule has 1 aliphatic heterocycles. The molecular formula is C48H32N2. The third kappa shape index (κ3) is 4.50. The normalized spacial score (nSPS) is 12.0. The van der Waals surface area contributed by atoms with Gasteiger partial charge < -0.3 is 9.47 Å². The highest BCUT2D eigenvalue weighted by Crippen LogP contribution is 2.53. The van der Waals surface area contributed by atoms with Gasteiger partial charge in [0.2, 0.25) is 0 Å². The van der Waals surface area contributed by atoms with E-state index in [0.29, 0.717) is 0 Å². The van der Waals surface area contributed by atoms with Gasteiger partial charge in [-0.3, -0.25) is 0 Å². The fraction of sp³-hybridized carbons (Fsp3) is 0. The number of nitrogens with zero attached hydrogens (tertiary/aromatic N) is 2. The van der Waals surface area contributed by atoms with E-state index < -0.39 is 0 Å². The summed E-state index contributed by atoms with van der Waals surface area (Å²) in [5.74, 6) is 0. The van der Waals surface area contributed by atoms with Gasteiger partial charge in [0.1, 0.15) is 0 Å². The van der Waals surface area contributed by atoms with Crippen molar-refractivity contribution < 1.29 is 0 Å². The van der Waals surface area contributed by atoms with Crippen LogP contribution in [-0.2, 0) is 0 Å². The molecule has 0 radical (unpaired) electrons. The van der Waals surface area contributed by atoms with E-state index in [-0.39, 0.29) is 0 Å². The molecule has 0 aliphatic carbocycles. The van der Waals surface area contributed by atoms with E-state index in [1.807, 2.05) is 0 Å². The lowest BCUT2D eigenvalue weighted by atomic mass is 9.92. The maximum Gasteiger partial charge on any atom is 0.0562 e. The molecular weight excluding hydrogens is 605 g/mol. The first-order valence-corrected chi connectivity index (χ1v) is 17.2. The summed E-state index contributed by atoms with van der Waals surface area (Å²) < 4.78 is 2.41. The topological polar surface area (TPSA) is 8.17 Å². The molecule has 0 bridgehead atoms. The molecule has 0 amide bonds. The van der Waals surface area contributed by atoms with Gasteiger partial charge in [-0.05, 0) is 88.0 Å². The van der Waals surface area contributed by atoms with Gasteiger partial charge in [-0.15, -0.1) is 0 Å². The van der Waals surface area contributed by atoms with Gasteiger partial charge in [-0.1, -0.05) is 140 Å². The summed E-state index contributed by atoms with van der Waals surface area (Å²) in [6.45, 7) is 0. The number of hydrogen-bond donors (Lipinski definition) is 0. The van der Waals surface area contributed by atoms with E-state index in [9.17, 15) is 0 Å². The van der Waals surface area contributed by atoms with Gasteiger partial charge in [0, 0.05) is 33.3 Å². The summed E-state index contributed by atoms with van der Waals surface area (Å²) in [6.07, 6.45) is 0. The summed E-state index contributed by atoms with van der Waals surface area (Å²) in [4.78, 5) is 2.47. The van der Waals surface area contributed by atoms with Crippen LogP contribution in [-0.4, -0.2) is 4.57 Å². The molecule has 2 heteroatoms. The van der Waals surface area contributed by atoms with Crippen LogP contribution in [0.3, 0.4) is 0 Å². The number of hydrogen-bond acceptors (Lipinski definition) is 1. The van der Waals surface area contributed by atoms with Crippen molar-refractivity contribution in [2.45, 2.75) is 0 Å². The van der Waals surface area contributed by atoms with E-state index in [2.05, 4.69) is 204 Å². The van der Waals surface area contributed by atoms with Gasteiger partial charge in [0.25, 0.3) is 0 Å². The molecule has 0 fully saturated rings. The number of benzene rings is 8. The van der Waals surface area contributed by atoms with Crippen molar-refractivity contribution in [1.29, 1.82) is 0 Å². The van der Waals surface area contributed by atoms with Crippen molar-refractivity contribution in [1.82, 2.24) is 4.57 Å². The highest BCUT2D eigenvalue weighted by Gasteiger charge is 2.28. The third-order valence-electron chi connectivity index (χ3n) is 10.1. The molecule has 0 saturated heterocycles. The second-order valence-electron chi connectivity index (χ2n) is 13.0. The van der Waals surface area contributed by atoms with E-state index in [1.54, 1.807) is 0 Å². The van der Waals surface area contributed by atoms with Crippen molar-refractivity contribution in [2.75, 3.05) is 4.90 Å². The largest absolute Gasteiger partial charge is 0.309 e. The van der Waals surface area contributed by atoms with Gasteiger partial charge in [-0.2, -0.15) is 0 Å². The Morgan fingerprint density at radius 2 is 0.820 bits per heavy atom. The SMILES string of the molecule is c1ccc(-c2ccc(N3c4ccc(-c5ccccc5)cc4-c4ccccc4-c4cc5c6ccccc6n(-c6ccccc6)c5cc43)cc2)cc1. The maximum absolute atomic E-state index is 2.47. The number of para-hydroxylation sites is 2. The molecule has 9 aromatic rings. The quantitative estimate of drug-likeness (QED) is 0.187. The molecule has 0 spiro atoms. The predicted octanol–water partition coefficient (Wildman–Crippen LogP) is 13.2. The Kier molecular flexibility index (Phi) is 6.53. The van der Waals surface area contributed by atoms with Gasteiger partial charge in [0.05, 0.1) is 22.4 Å². The van der Waals surface area contributed by atoms with Gasteiger partial charge >= 0.3 is 0 Å². The zero-order chi connectivity index (χ0) is 33.0. The van der Waals surface area contributed by atoms with E-state index >= 15 is 0 Å². The maximum atomic E-state index is 2.47. The first kappa shape index (κ1) is 28.4. The van der Waals surface area contributed by atoms with Crippen LogP contribution in [0, 0.1) is 0 Å². The van der Waals surface area contributed by atoms with E-state index in [4.69, 9.17) is 0 Å². The Labute approximate surface area is 291 Å². The minimum absolute atomic E-state index is 1.12. The van der Waals surface area contributed by atoms with Gasteiger partial charge in [0.15, 0.2) is 0 Å². The van der Waals surface area contributed by atoms with Crippen LogP contribution in [0.25, 0.3) is 72.0 Å². The monoisotopic (exact) mass is 636 g/mol. The molecule has 1 aliphatic rings. The zero-order valence-electron chi connectivity index (χ0n) is 27.4. The molecule has 0 atom stereocenters. The Bertz CT molecular complexity index is 2670. The Morgan fingerprint density at radius 3 is 1.52 bits per heavy atom. The molecule has 0 saturated carbocycles. The standard InChI is InChI=1S/C48H32N2/c1-4-14-33(15-5-1)35-24-27-38(28-25-35)50-46-29-26-36(34-16-6-2-7-17-34)30-42(46)39-20-10-11-21-40(39)43-31-44-41-22-12-13-23-45(41)49(48(44)32-47(43)50)37-18-8-3-9-19-37/h1-32H. The summed E-state index contributed by atoms with van der Waals surface area (Å²) in [5.41, 5.74) is 16.7. The number of aromatic nitrogens is 1. The second-order valence-corrected chi connectivity index (χ2v) is 13.0. The van der Waals surface area contributed by atoms with Crippen molar-refractivity contribution in [2.24, 2.45) is 0 Å². The summed E-state index contributed by atoms with van der Waals surface area (Å²) in [5, 5.41) is 2.49. The van der Waals surface area contributed by atoms with Crippen molar-refractivity contribution in [3.05, 3.63) is 194 Å². The first-order chi connectivity index (χ1) is 24.8. The molecule has 2 nitrogen and oxygen atoms in total. The van der Waals surface area contributed by atoms with Crippen molar-refractivity contribution in [3.8, 4) is 50.2 Å². The summed E-state index contributed by atoms with van der Waals surface area (Å²) in [6, 6.07) is 70.6. The molecule has 10 rings (SSSR count).